The quantitative estimate of drug-likeness (QED) is 0.775. The fraction of sp³-hybridized carbons (Fsp3) is 0.400. The second kappa shape index (κ2) is 4.96. The Morgan fingerprint density at radius 1 is 1.48 bits per heavy atom. The van der Waals surface area contributed by atoms with Gasteiger partial charge in [0, 0.05) is 12.7 Å². The first-order valence-corrected chi connectivity index (χ1v) is 6.96. The molecule has 0 bridgehead atoms. The van der Waals surface area contributed by atoms with E-state index in [1.54, 1.807) is 19.1 Å². The van der Waals surface area contributed by atoms with E-state index in [1.807, 2.05) is 0 Å². The standard InChI is InChI=1S/C15H17N3O3/c1-15(21,9-2-3-9)8-17-14(20)12-5-4-10-11(18-12)6-7-16-13(10)19/h4-7,9,21H,2-3,8H2,1H3,(H,16,19)(H,17,20). The van der Waals surface area contributed by atoms with Crippen LogP contribution in [0, 0.1) is 5.92 Å². The van der Waals surface area contributed by atoms with E-state index in [4.69, 9.17) is 0 Å². The molecule has 3 N–H and O–H groups in total. The fourth-order valence-electron chi connectivity index (χ4n) is 2.39. The van der Waals surface area contributed by atoms with E-state index in [-0.39, 0.29) is 29.6 Å². The molecule has 1 aliphatic carbocycles. The Kier molecular flexibility index (Phi) is 3.25. The molecular formula is C15H17N3O3. The minimum atomic E-state index is -0.871. The Labute approximate surface area is 121 Å². The highest BCUT2D eigenvalue weighted by atomic mass is 16.3. The number of carbonyl (C=O) groups excluding carboxylic acids is 1. The van der Waals surface area contributed by atoms with E-state index in [0.29, 0.717) is 10.9 Å². The number of aliphatic hydroxyl groups is 1. The highest BCUT2D eigenvalue weighted by Crippen LogP contribution is 2.38. The number of rotatable bonds is 4. The smallest absolute Gasteiger partial charge is 0.270 e. The predicted octanol–water partition coefficient (Wildman–Crippen LogP) is 0.814. The molecule has 0 aromatic carbocycles. The molecule has 2 aromatic heterocycles. The molecule has 0 saturated heterocycles. The number of aromatic nitrogens is 2. The van der Waals surface area contributed by atoms with Crippen molar-refractivity contribution in [3.63, 3.8) is 0 Å². The summed E-state index contributed by atoms with van der Waals surface area (Å²) in [5, 5.41) is 13.3. The molecule has 3 rings (SSSR count). The molecule has 1 saturated carbocycles. The summed E-state index contributed by atoms with van der Waals surface area (Å²) in [5.41, 5.74) is -0.396. The van der Waals surface area contributed by atoms with Gasteiger partial charge >= 0.3 is 0 Å². The van der Waals surface area contributed by atoms with Crippen LogP contribution in [0.4, 0.5) is 0 Å². The Bertz CT molecular complexity index is 747. The largest absolute Gasteiger partial charge is 0.388 e. The summed E-state index contributed by atoms with van der Waals surface area (Å²) < 4.78 is 0. The first-order chi connectivity index (χ1) is 9.97. The summed E-state index contributed by atoms with van der Waals surface area (Å²) in [6.07, 6.45) is 3.50. The zero-order valence-corrected chi connectivity index (χ0v) is 11.7. The van der Waals surface area contributed by atoms with Crippen LogP contribution in [0.15, 0.2) is 29.2 Å². The Hall–Kier alpha value is -2.21. The Morgan fingerprint density at radius 2 is 2.24 bits per heavy atom. The van der Waals surface area contributed by atoms with Crippen molar-refractivity contribution in [2.45, 2.75) is 25.4 Å². The maximum Gasteiger partial charge on any atom is 0.270 e. The van der Waals surface area contributed by atoms with E-state index in [1.165, 1.54) is 12.3 Å². The van der Waals surface area contributed by atoms with Gasteiger partial charge in [0.15, 0.2) is 0 Å². The molecule has 1 unspecified atom stereocenters. The highest BCUT2D eigenvalue weighted by Gasteiger charge is 2.40. The van der Waals surface area contributed by atoms with Gasteiger partial charge in [-0.1, -0.05) is 0 Å². The van der Waals surface area contributed by atoms with Crippen LogP contribution in [0.1, 0.15) is 30.3 Å². The highest BCUT2D eigenvalue weighted by molar-refractivity contribution is 5.94. The van der Waals surface area contributed by atoms with Crippen molar-refractivity contribution >= 4 is 16.8 Å². The number of carbonyl (C=O) groups is 1. The van der Waals surface area contributed by atoms with Crippen molar-refractivity contribution in [3.8, 4) is 0 Å². The number of hydrogen-bond acceptors (Lipinski definition) is 4. The zero-order chi connectivity index (χ0) is 15.0. The maximum absolute atomic E-state index is 12.1. The monoisotopic (exact) mass is 287 g/mol. The molecule has 0 aliphatic heterocycles. The van der Waals surface area contributed by atoms with Crippen molar-refractivity contribution in [2.75, 3.05) is 6.54 Å². The summed E-state index contributed by atoms with van der Waals surface area (Å²) in [4.78, 5) is 30.4. The van der Waals surface area contributed by atoms with Crippen LogP contribution in [0.3, 0.4) is 0 Å². The number of fused-ring (bicyclic) bond motifs is 1. The summed E-state index contributed by atoms with van der Waals surface area (Å²) >= 11 is 0. The first-order valence-electron chi connectivity index (χ1n) is 6.96. The number of pyridine rings is 2. The average molecular weight is 287 g/mol. The third kappa shape index (κ3) is 2.80. The van der Waals surface area contributed by atoms with Crippen molar-refractivity contribution in [2.24, 2.45) is 5.92 Å². The number of H-pyrrole nitrogens is 1. The van der Waals surface area contributed by atoms with Gasteiger partial charge in [-0.3, -0.25) is 9.59 Å². The zero-order valence-electron chi connectivity index (χ0n) is 11.7. The van der Waals surface area contributed by atoms with Crippen LogP contribution >= 0.6 is 0 Å². The first kappa shape index (κ1) is 13.8. The van der Waals surface area contributed by atoms with Gasteiger partial charge in [0.2, 0.25) is 0 Å². The van der Waals surface area contributed by atoms with E-state index in [2.05, 4.69) is 15.3 Å². The van der Waals surface area contributed by atoms with Gasteiger partial charge < -0.3 is 15.4 Å². The minimum Gasteiger partial charge on any atom is -0.388 e. The summed E-state index contributed by atoms with van der Waals surface area (Å²) in [5.74, 6) is -0.0842. The molecule has 0 spiro atoms. The number of nitrogens with zero attached hydrogens (tertiary/aromatic N) is 1. The molecule has 0 radical (unpaired) electrons. The van der Waals surface area contributed by atoms with Crippen molar-refractivity contribution in [3.05, 3.63) is 40.4 Å². The summed E-state index contributed by atoms with van der Waals surface area (Å²) in [7, 11) is 0. The van der Waals surface area contributed by atoms with Gasteiger partial charge in [0.1, 0.15) is 5.69 Å². The van der Waals surface area contributed by atoms with Gasteiger partial charge in [-0.2, -0.15) is 0 Å². The number of nitrogens with one attached hydrogen (secondary N) is 2. The fourth-order valence-corrected chi connectivity index (χ4v) is 2.39. The summed E-state index contributed by atoms with van der Waals surface area (Å²) in [6.45, 7) is 1.93. The minimum absolute atomic E-state index is 0.200. The molecule has 1 amide bonds. The Balaban J connectivity index is 1.77. The van der Waals surface area contributed by atoms with Crippen molar-refractivity contribution in [1.82, 2.24) is 15.3 Å². The van der Waals surface area contributed by atoms with E-state index in [0.717, 1.165) is 12.8 Å². The second-order valence-electron chi connectivity index (χ2n) is 5.75. The predicted molar refractivity (Wildman–Crippen MR) is 78.0 cm³/mol. The SMILES string of the molecule is CC(O)(CNC(=O)c1ccc2c(=O)[nH]ccc2n1)C1CC1. The molecule has 1 atom stereocenters. The van der Waals surface area contributed by atoms with Gasteiger partial charge in [-0.15, -0.1) is 0 Å². The average Bonchev–Trinajstić information content (AvgIpc) is 3.30. The maximum atomic E-state index is 12.1. The molecule has 6 heteroatoms. The van der Waals surface area contributed by atoms with Crippen molar-refractivity contribution in [1.29, 1.82) is 0 Å². The lowest BCUT2D eigenvalue weighted by Crippen LogP contribution is -2.42. The topological polar surface area (TPSA) is 95.1 Å². The van der Waals surface area contributed by atoms with Crippen LogP contribution in [-0.2, 0) is 0 Å². The van der Waals surface area contributed by atoms with Gasteiger partial charge in [0.05, 0.1) is 16.5 Å². The van der Waals surface area contributed by atoms with Crippen LogP contribution in [0.2, 0.25) is 0 Å². The lowest BCUT2D eigenvalue weighted by Gasteiger charge is -2.23. The van der Waals surface area contributed by atoms with E-state index < -0.39 is 5.60 Å². The van der Waals surface area contributed by atoms with Crippen LogP contribution in [0.25, 0.3) is 10.9 Å². The molecule has 2 heterocycles. The normalized spacial score (nSPS) is 17.4. The third-order valence-corrected chi connectivity index (χ3v) is 3.92. The van der Waals surface area contributed by atoms with Crippen LogP contribution in [-0.4, -0.2) is 33.1 Å². The molecule has 2 aromatic rings. The van der Waals surface area contributed by atoms with E-state index in [9.17, 15) is 14.7 Å². The van der Waals surface area contributed by atoms with Crippen LogP contribution in [0.5, 0.6) is 0 Å². The molecule has 6 nitrogen and oxygen atoms in total. The van der Waals surface area contributed by atoms with E-state index >= 15 is 0 Å². The lowest BCUT2D eigenvalue weighted by atomic mass is 10.0. The van der Waals surface area contributed by atoms with Crippen molar-refractivity contribution < 1.29 is 9.90 Å². The van der Waals surface area contributed by atoms with Gasteiger partial charge in [-0.05, 0) is 43.9 Å². The number of amides is 1. The van der Waals surface area contributed by atoms with Crippen LogP contribution < -0.4 is 10.9 Å². The third-order valence-electron chi connectivity index (χ3n) is 3.92. The summed E-state index contributed by atoms with van der Waals surface area (Å²) in [6, 6.07) is 4.74. The lowest BCUT2D eigenvalue weighted by molar-refractivity contribution is 0.0353. The second-order valence-corrected chi connectivity index (χ2v) is 5.75. The molecule has 110 valence electrons. The molecule has 1 fully saturated rings. The number of aromatic amines is 1. The van der Waals surface area contributed by atoms with Gasteiger partial charge in [0.25, 0.3) is 11.5 Å². The molecule has 1 aliphatic rings. The molecular weight excluding hydrogens is 270 g/mol. The molecule has 21 heavy (non-hydrogen) atoms. The number of hydrogen-bond donors (Lipinski definition) is 3. The van der Waals surface area contributed by atoms with Gasteiger partial charge in [-0.25, -0.2) is 4.98 Å². The Morgan fingerprint density at radius 3 is 2.95 bits per heavy atom.